The number of unbranched alkanes of at least 4 members (excludes halogenated alkanes) is 6. The summed E-state index contributed by atoms with van der Waals surface area (Å²) < 4.78 is 0. The van der Waals surface area contributed by atoms with Crippen LogP contribution in [0.2, 0.25) is 0 Å². The number of hydrogen-bond donors (Lipinski definition) is 1. The minimum Gasteiger partial charge on any atom is -0.324 e. The van der Waals surface area contributed by atoms with Crippen LogP contribution in [0.25, 0.3) is 10.8 Å². The summed E-state index contributed by atoms with van der Waals surface area (Å²) in [5.41, 5.74) is 7.64. The first-order valence-corrected chi connectivity index (χ1v) is 8.41. The third-order valence-corrected chi connectivity index (χ3v) is 4.24. The molecule has 0 aliphatic heterocycles. The summed E-state index contributed by atoms with van der Waals surface area (Å²) in [7, 11) is 0. The summed E-state index contributed by atoms with van der Waals surface area (Å²) in [5, 5.41) is 2.44. The van der Waals surface area contributed by atoms with Crippen molar-refractivity contribution in [2.75, 3.05) is 0 Å². The number of fused-ring (bicyclic) bond motifs is 1. The van der Waals surface area contributed by atoms with Crippen molar-refractivity contribution in [3.8, 4) is 0 Å². The fourth-order valence-electron chi connectivity index (χ4n) is 2.94. The zero-order valence-corrected chi connectivity index (χ0v) is 13.2. The molecule has 0 aliphatic carbocycles. The SMILES string of the molecule is CCCCCCCCCC(N)c1cccc2ccncc12. The maximum Gasteiger partial charge on any atom is 0.0349 e. The molecule has 0 fully saturated rings. The van der Waals surface area contributed by atoms with E-state index in [4.69, 9.17) is 5.73 Å². The molecule has 1 unspecified atom stereocenters. The number of nitrogens with two attached hydrogens (primary N) is 1. The van der Waals surface area contributed by atoms with E-state index in [-0.39, 0.29) is 6.04 Å². The first-order valence-electron chi connectivity index (χ1n) is 8.41. The molecule has 2 N–H and O–H groups in total. The van der Waals surface area contributed by atoms with Crippen LogP contribution in [0.3, 0.4) is 0 Å². The highest BCUT2D eigenvalue weighted by Crippen LogP contribution is 2.25. The van der Waals surface area contributed by atoms with Crippen molar-refractivity contribution in [1.29, 1.82) is 0 Å². The second-order valence-corrected chi connectivity index (χ2v) is 5.96. The van der Waals surface area contributed by atoms with E-state index in [1.54, 1.807) is 0 Å². The first-order chi connectivity index (χ1) is 10.3. The van der Waals surface area contributed by atoms with Crippen LogP contribution in [0.15, 0.2) is 36.7 Å². The molecule has 0 saturated heterocycles. The fourth-order valence-corrected chi connectivity index (χ4v) is 2.94. The van der Waals surface area contributed by atoms with E-state index >= 15 is 0 Å². The van der Waals surface area contributed by atoms with Crippen molar-refractivity contribution in [3.05, 3.63) is 42.2 Å². The van der Waals surface area contributed by atoms with Crippen LogP contribution in [-0.2, 0) is 0 Å². The minimum absolute atomic E-state index is 0.133. The maximum atomic E-state index is 6.40. The van der Waals surface area contributed by atoms with Crippen molar-refractivity contribution in [2.24, 2.45) is 5.73 Å². The van der Waals surface area contributed by atoms with Gasteiger partial charge in [0.2, 0.25) is 0 Å². The molecular weight excluding hydrogens is 256 g/mol. The fraction of sp³-hybridized carbons (Fsp3) is 0.526. The van der Waals surface area contributed by atoms with Gasteiger partial charge in [-0.2, -0.15) is 0 Å². The van der Waals surface area contributed by atoms with Gasteiger partial charge in [-0.1, -0.05) is 70.1 Å². The molecule has 2 nitrogen and oxygen atoms in total. The van der Waals surface area contributed by atoms with Crippen LogP contribution in [0, 0.1) is 0 Å². The molecular formula is C19H28N2. The summed E-state index contributed by atoms with van der Waals surface area (Å²) in [6, 6.07) is 8.56. The first kappa shape index (κ1) is 16.0. The topological polar surface area (TPSA) is 38.9 Å². The zero-order valence-electron chi connectivity index (χ0n) is 13.2. The average Bonchev–Trinajstić information content (AvgIpc) is 2.53. The number of nitrogens with zero attached hydrogens (tertiary/aromatic N) is 1. The van der Waals surface area contributed by atoms with E-state index in [9.17, 15) is 0 Å². The Morgan fingerprint density at radius 1 is 1.00 bits per heavy atom. The van der Waals surface area contributed by atoms with E-state index in [2.05, 4.69) is 36.2 Å². The van der Waals surface area contributed by atoms with Gasteiger partial charge in [-0.25, -0.2) is 0 Å². The molecule has 0 amide bonds. The summed E-state index contributed by atoms with van der Waals surface area (Å²) in [6.07, 6.45) is 14.2. The Labute approximate surface area is 128 Å². The van der Waals surface area contributed by atoms with Gasteiger partial charge in [0.15, 0.2) is 0 Å². The maximum absolute atomic E-state index is 6.40. The van der Waals surface area contributed by atoms with Crippen molar-refractivity contribution >= 4 is 10.8 Å². The van der Waals surface area contributed by atoms with Gasteiger partial charge in [-0.15, -0.1) is 0 Å². The van der Waals surface area contributed by atoms with Crippen LogP contribution in [0.4, 0.5) is 0 Å². The standard InChI is InChI=1S/C19H28N2/c1-2-3-4-5-6-7-8-12-19(20)17-11-9-10-16-13-14-21-15-18(16)17/h9-11,13-15,19H,2-8,12,20H2,1H3. The Balaban J connectivity index is 1.81. The Bertz CT molecular complexity index is 531. The van der Waals surface area contributed by atoms with Gasteiger partial charge in [0.05, 0.1) is 0 Å². The van der Waals surface area contributed by atoms with Crippen molar-refractivity contribution < 1.29 is 0 Å². The minimum atomic E-state index is 0.133. The Hall–Kier alpha value is -1.41. The van der Waals surface area contributed by atoms with Gasteiger partial charge in [-0.05, 0) is 23.4 Å². The van der Waals surface area contributed by atoms with Gasteiger partial charge < -0.3 is 5.73 Å². The van der Waals surface area contributed by atoms with E-state index in [0.29, 0.717) is 0 Å². The van der Waals surface area contributed by atoms with Crippen LogP contribution in [-0.4, -0.2) is 4.98 Å². The van der Waals surface area contributed by atoms with E-state index < -0.39 is 0 Å². The normalized spacial score (nSPS) is 12.7. The van der Waals surface area contributed by atoms with Crippen molar-refractivity contribution in [2.45, 2.75) is 64.3 Å². The highest BCUT2D eigenvalue weighted by Gasteiger charge is 2.09. The lowest BCUT2D eigenvalue weighted by Crippen LogP contribution is -2.10. The van der Waals surface area contributed by atoms with Crippen molar-refractivity contribution in [3.63, 3.8) is 0 Å². The van der Waals surface area contributed by atoms with E-state index in [1.807, 2.05) is 12.4 Å². The molecule has 1 aromatic carbocycles. The molecule has 2 aromatic rings. The predicted octanol–water partition coefficient (Wildman–Crippen LogP) is 5.38. The number of rotatable bonds is 9. The van der Waals surface area contributed by atoms with E-state index in [1.165, 1.54) is 61.3 Å². The Kier molecular flexibility index (Phi) is 6.68. The van der Waals surface area contributed by atoms with Crippen molar-refractivity contribution in [1.82, 2.24) is 4.98 Å². The molecule has 1 atom stereocenters. The highest BCUT2D eigenvalue weighted by molar-refractivity contribution is 5.85. The zero-order chi connectivity index (χ0) is 14.9. The highest BCUT2D eigenvalue weighted by atomic mass is 14.6. The van der Waals surface area contributed by atoms with Crippen LogP contribution < -0.4 is 5.73 Å². The average molecular weight is 284 g/mol. The molecule has 2 heteroatoms. The number of hydrogen-bond acceptors (Lipinski definition) is 2. The molecule has 0 radical (unpaired) electrons. The molecule has 0 bridgehead atoms. The molecule has 1 aromatic heterocycles. The van der Waals surface area contributed by atoms with Crippen LogP contribution in [0.1, 0.15) is 69.9 Å². The molecule has 21 heavy (non-hydrogen) atoms. The van der Waals surface area contributed by atoms with Gasteiger partial charge >= 0.3 is 0 Å². The Morgan fingerprint density at radius 3 is 2.57 bits per heavy atom. The predicted molar refractivity (Wildman–Crippen MR) is 91.3 cm³/mol. The molecule has 114 valence electrons. The van der Waals surface area contributed by atoms with Crippen LogP contribution in [0.5, 0.6) is 0 Å². The third kappa shape index (κ3) is 4.82. The lowest BCUT2D eigenvalue weighted by molar-refractivity contribution is 0.542. The quantitative estimate of drug-likeness (QED) is 0.628. The summed E-state index contributed by atoms with van der Waals surface area (Å²) in [6.45, 7) is 2.26. The summed E-state index contributed by atoms with van der Waals surface area (Å²) in [4.78, 5) is 4.24. The van der Waals surface area contributed by atoms with Gasteiger partial charge in [-0.3, -0.25) is 4.98 Å². The van der Waals surface area contributed by atoms with Gasteiger partial charge in [0.1, 0.15) is 0 Å². The molecule has 1 heterocycles. The molecule has 0 saturated carbocycles. The third-order valence-electron chi connectivity index (χ3n) is 4.24. The second kappa shape index (κ2) is 8.78. The number of benzene rings is 1. The molecule has 0 spiro atoms. The number of pyridine rings is 1. The lowest BCUT2D eigenvalue weighted by Gasteiger charge is -2.14. The van der Waals surface area contributed by atoms with Crippen LogP contribution >= 0.6 is 0 Å². The monoisotopic (exact) mass is 284 g/mol. The molecule has 2 rings (SSSR count). The summed E-state index contributed by atoms with van der Waals surface area (Å²) >= 11 is 0. The smallest absolute Gasteiger partial charge is 0.0349 e. The second-order valence-electron chi connectivity index (χ2n) is 5.96. The van der Waals surface area contributed by atoms with Gasteiger partial charge in [0, 0.05) is 23.8 Å². The van der Waals surface area contributed by atoms with Gasteiger partial charge in [0.25, 0.3) is 0 Å². The van der Waals surface area contributed by atoms with E-state index in [0.717, 1.165) is 6.42 Å². The molecule has 0 aliphatic rings. The number of aromatic nitrogens is 1. The Morgan fingerprint density at radius 2 is 1.76 bits per heavy atom. The summed E-state index contributed by atoms with van der Waals surface area (Å²) in [5.74, 6) is 0. The lowest BCUT2D eigenvalue weighted by atomic mass is 9.96. The largest absolute Gasteiger partial charge is 0.324 e.